The zero-order valence-corrected chi connectivity index (χ0v) is 11.2. The normalized spacial score (nSPS) is 19.3. The third-order valence-electron chi connectivity index (χ3n) is 3.49. The van der Waals surface area contributed by atoms with Crippen molar-refractivity contribution in [2.75, 3.05) is 16.6 Å². The lowest BCUT2D eigenvalue weighted by molar-refractivity contribution is 0.574. The second-order valence-corrected chi connectivity index (χ2v) is 6.75. The Morgan fingerprint density at radius 2 is 1.94 bits per heavy atom. The number of aryl methyl sites for hydroxylation is 1. The van der Waals surface area contributed by atoms with E-state index in [2.05, 4.69) is 0 Å². The van der Waals surface area contributed by atoms with Gasteiger partial charge in [-0.25, -0.2) is 8.42 Å². The molecule has 96 valence electrons. The fraction of sp³-hybridized carbons (Fsp3) is 0.385. The number of nitrogens with zero attached hydrogens (tertiary/aromatic N) is 2. The van der Waals surface area contributed by atoms with Crippen molar-refractivity contribution in [3.05, 3.63) is 30.5 Å². The van der Waals surface area contributed by atoms with E-state index in [9.17, 15) is 8.42 Å². The second-order valence-electron chi connectivity index (χ2n) is 4.74. The molecule has 0 spiro atoms. The Kier molecular flexibility index (Phi) is 2.59. The van der Waals surface area contributed by atoms with Gasteiger partial charge in [-0.1, -0.05) is 18.2 Å². The number of para-hydroxylation sites is 1. The van der Waals surface area contributed by atoms with Crippen LogP contribution < -0.4 is 4.31 Å². The van der Waals surface area contributed by atoms with E-state index in [-0.39, 0.29) is 5.75 Å². The maximum atomic E-state index is 12.2. The van der Waals surface area contributed by atoms with Crippen LogP contribution in [0.15, 0.2) is 30.5 Å². The van der Waals surface area contributed by atoms with Gasteiger partial charge >= 0.3 is 0 Å². The number of fused-ring (bicyclic) bond motifs is 1. The average Bonchev–Trinajstić information content (AvgIpc) is 2.67. The van der Waals surface area contributed by atoms with Gasteiger partial charge in [-0.2, -0.15) is 0 Å². The molecule has 0 saturated carbocycles. The molecule has 4 nitrogen and oxygen atoms in total. The van der Waals surface area contributed by atoms with Crippen LogP contribution in [0, 0.1) is 0 Å². The molecule has 2 aromatic rings. The van der Waals surface area contributed by atoms with Crippen LogP contribution in [-0.2, 0) is 17.1 Å². The van der Waals surface area contributed by atoms with Gasteiger partial charge in [0.1, 0.15) is 0 Å². The molecular formula is C13H16N2O2S. The molecule has 0 bridgehead atoms. The van der Waals surface area contributed by atoms with E-state index in [1.54, 1.807) is 4.31 Å². The van der Waals surface area contributed by atoms with Crippen LogP contribution in [0.4, 0.5) is 5.69 Å². The maximum absolute atomic E-state index is 12.2. The second kappa shape index (κ2) is 4.02. The molecule has 1 aromatic carbocycles. The van der Waals surface area contributed by atoms with Crippen LogP contribution in [0.1, 0.15) is 12.8 Å². The van der Waals surface area contributed by atoms with Crippen LogP contribution in [0.3, 0.4) is 0 Å². The Balaban J connectivity index is 2.20. The number of benzene rings is 1. The summed E-state index contributed by atoms with van der Waals surface area (Å²) in [4.78, 5) is 0. The quantitative estimate of drug-likeness (QED) is 0.791. The Labute approximate surface area is 107 Å². The molecule has 0 unspecified atom stereocenters. The van der Waals surface area contributed by atoms with E-state index in [1.807, 2.05) is 42.1 Å². The zero-order valence-electron chi connectivity index (χ0n) is 10.3. The Morgan fingerprint density at radius 3 is 2.72 bits per heavy atom. The lowest BCUT2D eigenvalue weighted by Crippen LogP contribution is -2.37. The summed E-state index contributed by atoms with van der Waals surface area (Å²) in [6.45, 7) is 0.594. The number of hydrogen-bond acceptors (Lipinski definition) is 2. The van der Waals surface area contributed by atoms with Gasteiger partial charge in [0, 0.05) is 30.7 Å². The SMILES string of the molecule is Cn1cc(N2CCCCS2(=O)=O)c2ccccc21. The number of anilines is 1. The molecule has 18 heavy (non-hydrogen) atoms. The van der Waals surface area contributed by atoms with Crippen molar-refractivity contribution in [1.29, 1.82) is 0 Å². The molecule has 0 radical (unpaired) electrons. The predicted octanol–water partition coefficient (Wildman–Crippen LogP) is 2.11. The molecule has 1 aromatic heterocycles. The van der Waals surface area contributed by atoms with Crippen molar-refractivity contribution < 1.29 is 8.42 Å². The average molecular weight is 264 g/mol. The summed E-state index contributed by atoms with van der Waals surface area (Å²) in [7, 11) is -1.19. The van der Waals surface area contributed by atoms with Gasteiger partial charge in [-0.3, -0.25) is 4.31 Å². The number of rotatable bonds is 1. The molecule has 0 amide bonds. The van der Waals surface area contributed by atoms with Gasteiger partial charge in [0.05, 0.1) is 11.4 Å². The molecule has 1 saturated heterocycles. The van der Waals surface area contributed by atoms with E-state index in [1.165, 1.54) is 0 Å². The highest BCUT2D eigenvalue weighted by atomic mass is 32.2. The first-order chi connectivity index (χ1) is 8.59. The molecule has 0 atom stereocenters. The van der Waals surface area contributed by atoms with Crippen molar-refractivity contribution in [2.45, 2.75) is 12.8 Å². The topological polar surface area (TPSA) is 42.3 Å². The third kappa shape index (κ3) is 1.70. The number of sulfonamides is 1. The number of hydrogen-bond donors (Lipinski definition) is 0. The monoisotopic (exact) mass is 264 g/mol. The molecule has 1 aliphatic rings. The van der Waals surface area contributed by atoms with Gasteiger partial charge in [0.2, 0.25) is 10.0 Å². The molecule has 3 rings (SSSR count). The van der Waals surface area contributed by atoms with Gasteiger partial charge in [0.15, 0.2) is 0 Å². The molecule has 1 aliphatic heterocycles. The van der Waals surface area contributed by atoms with Gasteiger partial charge in [0.25, 0.3) is 0 Å². The summed E-state index contributed by atoms with van der Waals surface area (Å²) in [5, 5.41) is 1.01. The highest BCUT2D eigenvalue weighted by Gasteiger charge is 2.28. The van der Waals surface area contributed by atoms with Crippen molar-refractivity contribution >= 4 is 26.6 Å². The molecule has 0 N–H and O–H groups in total. The van der Waals surface area contributed by atoms with Crippen LogP contribution in [0.2, 0.25) is 0 Å². The fourth-order valence-corrected chi connectivity index (χ4v) is 4.22. The molecule has 2 heterocycles. The third-order valence-corrected chi connectivity index (χ3v) is 5.35. The zero-order chi connectivity index (χ0) is 12.8. The van der Waals surface area contributed by atoms with E-state index < -0.39 is 10.0 Å². The molecule has 5 heteroatoms. The van der Waals surface area contributed by atoms with Crippen molar-refractivity contribution in [1.82, 2.24) is 4.57 Å². The first-order valence-corrected chi connectivity index (χ1v) is 7.75. The lowest BCUT2D eigenvalue weighted by atomic mass is 10.2. The summed E-state index contributed by atoms with van der Waals surface area (Å²) < 4.78 is 27.9. The number of aromatic nitrogens is 1. The highest BCUT2D eigenvalue weighted by molar-refractivity contribution is 7.92. The Hall–Kier alpha value is -1.49. The van der Waals surface area contributed by atoms with E-state index in [0.29, 0.717) is 6.54 Å². The van der Waals surface area contributed by atoms with Crippen molar-refractivity contribution in [3.63, 3.8) is 0 Å². The van der Waals surface area contributed by atoms with Crippen LogP contribution in [-0.4, -0.2) is 25.3 Å². The minimum Gasteiger partial charge on any atom is -0.348 e. The first kappa shape index (κ1) is 11.6. The molecule has 0 aliphatic carbocycles. The van der Waals surface area contributed by atoms with E-state index in [0.717, 1.165) is 29.4 Å². The van der Waals surface area contributed by atoms with Crippen LogP contribution in [0.5, 0.6) is 0 Å². The van der Waals surface area contributed by atoms with Crippen molar-refractivity contribution in [3.8, 4) is 0 Å². The van der Waals surface area contributed by atoms with Gasteiger partial charge in [-0.05, 0) is 18.9 Å². The highest BCUT2D eigenvalue weighted by Crippen LogP contribution is 2.32. The summed E-state index contributed by atoms with van der Waals surface area (Å²) >= 11 is 0. The minimum atomic E-state index is -3.13. The summed E-state index contributed by atoms with van der Waals surface area (Å²) in [6, 6.07) is 7.91. The first-order valence-electron chi connectivity index (χ1n) is 6.14. The fourth-order valence-electron chi connectivity index (χ4n) is 2.58. The van der Waals surface area contributed by atoms with Gasteiger partial charge in [-0.15, -0.1) is 0 Å². The van der Waals surface area contributed by atoms with E-state index in [4.69, 9.17) is 0 Å². The minimum absolute atomic E-state index is 0.260. The Bertz CT molecular complexity index is 688. The van der Waals surface area contributed by atoms with Gasteiger partial charge < -0.3 is 4.57 Å². The largest absolute Gasteiger partial charge is 0.348 e. The van der Waals surface area contributed by atoms with Crippen LogP contribution >= 0.6 is 0 Å². The van der Waals surface area contributed by atoms with E-state index >= 15 is 0 Å². The molecular weight excluding hydrogens is 248 g/mol. The molecule has 1 fully saturated rings. The van der Waals surface area contributed by atoms with Crippen LogP contribution in [0.25, 0.3) is 10.9 Å². The Morgan fingerprint density at radius 1 is 1.17 bits per heavy atom. The lowest BCUT2D eigenvalue weighted by Gasteiger charge is -2.27. The standard InChI is InChI=1S/C13H16N2O2S/c1-14-10-13(11-6-2-3-7-12(11)14)15-8-4-5-9-18(15,16)17/h2-3,6-7,10H,4-5,8-9H2,1H3. The predicted molar refractivity (Wildman–Crippen MR) is 73.3 cm³/mol. The summed E-state index contributed by atoms with van der Waals surface area (Å²) in [6.07, 6.45) is 3.61. The van der Waals surface area contributed by atoms with Crippen molar-refractivity contribution in [2.24, 2.45) is 7.05 Å². The summed E-state index contributed by atoms with van der Waals surface area (Å²) in [5.74, 6) is 0.260. The smallest absolute Gasteiger partial charge is 0.235 e. The maximum Gasteiger partial charge on any atom is 0.235 e. The summed E-state index contributed by atoms with van der Waals surface area (Å²) in [5.41, 5.74) is 1.88.